The molecule has 0 aliphatic carbocycles. The fourth-order valence-corrected chi connectivity index (χ4v) is 2.54. The van der Waals surface area contributed by atoms with Crippen molar-refractivity contribution < 1.29 is 9.18 Å². The molecule has 0 saturated heterocycles. The van der Waals surface area contributed by atoms with E-state index in [0.29, 0.717) is 23.5 Å². The summed E-state index contributed by atoms with van der Waals surface area (Å²) in [4.78, 5) is 16.4. The number of amides is 1. The van der Waals surface area contributed by atoms with Gasteiger partial charge in [0.05, 0.1) is 0 Å². The number of anilines is 2. The van der Waals surface area contributed by atoms with Gasteiger partial charge in [-0.15, -0.1) is 0 Å². The van der Waals surface area contributed by atoms with Crippen LogP contribution in [0.5, 0.6) is 0 Å². The smallest absolute Gasteiger partial charge is 0.255 e. The number of halogens is 1. The number of nitrogens with zero attached hydrogens (tertiary/aromatic N) is 2. The highest BCUT2D eigenvalue weighted by molar-refractivity contribution is 6.04. The Labute approximate surface area is 156 Å². The SMILES string of the molecule is Cc1cc(NCc2ccc(C(=O)Nc3ccc(F)cc3)cc2)cc(C#N)n1. The van der Waals surface area contributed by atoms with Crippen molar-refractivity contribution in [2.45, 2.75) is 13.5 Å². The first kappa shape index (κ1) is 18.1. The van der Waals surface area contributed by atoms with Crippen molar-refractivity contribution in [1.82, 2.24) is 4.98 Å². The van der Waals surface area contributed by atoms with Gasteiger partial charge in [-0.1, -0.05) is 12.1 Å². The van der Waals surface area contributed by atoms with Crippen molar-refractivity contribution in [3.05, 3.63) is 89.0 Å². The summed E-state index contributed by atoms with van der Waals surface area (Å²) < 4.78 is 12.9. The molecule has 2 N–H and O–H groups in total. The predicted octanol–water partition coefficient (Wildman–Crippen LogP) is 4.27. The Bertz CT molecular complexity index is 992. The Morgan fingerprint density at radius 2 is 1.78 bits per heavy atom. The number of carbonyl (C=O) groups excluding carboxylic acids is 1. The van der Waals surface area contributed by atoms with E-state index >= 15 is 0 Å². The molecule has 2 aromatic carbocycles. The molecule has 5 nitrogen and oxygen atoms in total. The molecule has 0 radical (unpaired) electrons. The maximum atomic E-state index is 12.9. The van der Waals surface area contributed by atoms with Crippen LogP contribution < -0.4 is 10.6 Å². The number of hydrogen-bond donors (Lipinski definition) is 2. The number of nitriles is 1. The zero-order valence-corrected chi connectivity index (χ0v) is 14.7. The van der Waals surface area contributed by atoms with Crippen LogP contribution in [0, 0.1) is 24.1 Å². The van der Waals surface area contributed by atoms with Crippen molar-refractivity contribution in [2.75, 3.05) is 10.6 Å². The van der Waals surface area contributed by atoms with Crippen molar-refractivity contribution in [1.29, 1.82) is 5.26 Å². The van der Waals surface area contributed by atoms with Crippen LogP contribution in [-0.2, 0) is 6.54 Å². The third-order valence-electron chi connectivity index (χ3n) is 3.88. The minimum Gasteiger partial charge on any atom is -0.381 e. The lowest BCUT2D eigenvalue weighted by Gasteiger charge is -2.09. The predicted molar refractivity (Wildman–Crippen MR) is 102 cm³/mol. The minimum absolute atomic E-state index is 0.260. The highest BCUT2D eigenvalue weighted by Gasteiger charge is 2.06. The lowest BCUT2D eigenvalue weighted by molar-refractivity contribution is 0.102. The van der Waals surface area contributed by atoms with Gasteiger partial charge in [0, 0.05) is 29.2 Å². The second-order valence-electron chi connectivity index (χ2n) is 6.01. The van der Waals surface area contributed by atoms with Crippen LogP contribution in [0.15, 0.2) is 60.7 Å². The molecular weight excluding hydrogens is 343 g/mol. The van der Waals surface area contributed by atoms with E-state index in [1.165, 1.54) is 24.3 Å². The topological polar surface area (TPSA) is 77.8 Å². The zero-order valence-electron chi connectivity index (χ0n) is 14.7. The van der Waals surface area contributed by atoms with E-state index in [4.69, 9.17) is 5.26 Å². The number of carbonyl (C=O) groups is 1. The Hall–Kier alpha value is -3.72. The lowest BCUT2D eigenvalue weighted by Crippen LogP contribution is -2.12. The summed E-state index contributed by atoms with van der Waals surface area (Å²) in [6.07, 6.45) is 0. The first-order chi connectivity index (χ1) is 13.0. The Balaban J connectivity index is 1.61. The normalized spacial score (nSPS) is 10.1. The number of aromatic nitrogens is 1. The largest absolute Gasteiger partial charge is 0.381 e. The molecule has 0 aliphatic heterocycles. The second kappa shape index (κ2) is 8.11. The fraction of sp³-hybridized carbons (Fsp3) is 0.0952. The molecule has 3 aromatic rings. The molecule has 3 rings (SSSR count). The summed E-state index contributed by atoms with van der Waals surface area (Å²) in [6.45, 7) is 2.38. The Morgan fingerprint density at radius 1 is 1.07 bits per heavy atom. The number of hydrogen-bond acceptors (Lipinski definition) is 4. The van der Waals surface area contributed by atoms with E-state index in [2.05, 4.69) is 15.6 Å². The van der Waals surface area contributed by atoms with Gasteiger partial charge >= 0.3 is 0 Å². The van der Waals surface area contributed by atoms with Crippen LogP contribution in [0.3, 0.4) is 0 Å². The van der Waals surface area contributed by atoms with E-state index in [-0.39, 0.29) is 11.7 Å². The van der Waals surface area contributed by atoms with Crippen LogP contribution in [0.25, 0.3) is 0 Å². The van der Waals surface area contributed by atoms with Gasteiger partial charge in [-0.05, 0) is 61.0 Å². The average Bonchev–Trinajstić information content (AvgIpc) is 2.68. The lowest BCUT2D eigenvalue weighted by atomic mass is 10.1. The summed E-state index contributed by atoms with van der Waals surface area (Å²) in [5.74, 6) is -0.610. The van der Waals surface area contributed by atoms with Crippen molar-refractivity contribution in [3.63, 3.8) is 0 Å². The van der Waals surface area contributed by atoms with E-state index in [0.717, 1.165) is 16.9 Å². The van der Waals surface area contributed by atoms with Crippen molar-refractivity contribution in [2.24, 2.45) is 0 Å². The molecule has 0 aliphatic rings. The van der Waals surface area contributed by atoms with Crippen LogP contribution in [-0.4, -0.2) is 10.9 Å². The summed E-state index contributed by atoms with van der Waals surface area (Å²) in [5, 5.41) is 14.9. The average molecular weight is 360 g/mol. The van der Waals surface area contributed by atoms with Crippen LogP contribution >= 0.6 is 0 Å². The molecule has 0 spiro atoms. The molecule has 0 fully saturated rings. The second-order valence-corrected chi connectivity index (χ2v) is 6.01. The Morgan fingerprint density at radius 3 is 2.44 bits per heavy atom. The number of pyridine rings is 1. The van der Waals surface area contributed by atoms with E-state index in [1.807, 2.05) is 31.2 Å². The van der Waals surface area contributed by atoms with Gasteiger partial charge in [-0.2, -0.15) is 5.26 Å². The number of rotatable bonds is 5. The molecule has 6 heteroatoms. The van der Waals surface area contributed by atoms with Crippen LogP contribution in [0.1, 0.15) is 27.3 Å². The van der Waals surface area contributed by atoms with E-state index in [1.54, 1.807) is 18.2 Å². The maximum Gasteiger partial charge on any atom is 0.255 e. The highest BCUT2D eigenvalue weighted by Crippen LogP contribution is 2.14. The minimum atomic E-state index is -0.351. The van der Waals surface area contributed by atoms with Gasteiger partial charge in [0.2, 0.25) is 0 Å². The van der Waals surface area contributed by atoms with Gasteiger partial charge in [0.15, 0.2) is 0 Å². The van der Waals surface area contributed by atoms with E-state index < -0.39 is 0 Å². The molecule has 1 heterocycles. The molecule has 27 heavy (non-hydrogen) atoms. The Kier molecular flexibility index (Phi) is 5.43. The highest BCUT2D eigenvalue weighted by atomic mass is 19.1. The molecule has 0 atom stereocenters. The first-order valence-corrected chi connectivity index (χ1v) is 8.32. The van der Waals surface area contributed by atoms with E-state index in [9.17, 15) is 9.18 Å². The third-order valence-corrected chi connectivity index (χ3v) is 3.88. The number of aryl methyl sites for hydroxylation is 1. The number of benzene rings is 2. The molecule has 134 valence electrons. The monoisotopic (exact) mass is 360 g/mol. The quantitative estimate of drug-likeness (QED) is 0.712. The van der Waals surface area contributed by atoms with Gasteiger partial charge in [0.25, 0.3) is 5.91 Å². The maximum absolute atomic E-state index is 12.9. The van der Waals surface area contributed by atoms with Gasteiger partial charge in [-0.3, -0.25) is 4.79 Å². The standard InChI is InChI=1S/C21H17FN4O/c1-14-10-19(11-20(12-23)25-14)24-13-15-2-4-16(5-3-15)21(27)26-18-8-6-17(22)7-9-18/h2-11H,13H2,1H3,(H,24,25)(H,26,27). The van der Waals surface area contributed by atoms with Crippen molar-refractivity contribution >= 4 is 17.3 Å². The molecule has 0 bridgehead atoms. The molecule has 0 saturated carbocycles. The molecule has 1 amide bonds. The van der Waals surface area contributed by atoms with Gasteiger partial charge in [0.1, 0.15) is 17.6 Å². The molecule has 0 unspecified atom stereocenters. The first-order valence-electron chi connectivity index (χ1n) is 8.32. The van der Waals surface area contributed by atoms with Gasteiger partial charge < -0.3 is 10.6 Å². The summed E-state index contributed by atoms with van der Waals surface area (Å²) in [6, 6.07) is 18.4. The zero-order chi connectivity index (χ0) is 19.2. The van der Waals surface area contributed by atoms with Crippen LogP contribution in [0.2, 0.25) is 0 Å². The summed E-state index contributed by atoms with van der Waals surface area (Å²) in [7, 11) is 0. The summed E-state index contributed by atoms with van der Waals surface area (Å²) >= 11 is 0. The van der Waals surface area contributed by atoms with Crippen molar-refractivity contribution in [3.8, 4) is 6.07 Å². The fourth-order valence-electron chi connectivity index (χ4n) is 2.54. The summed E-state index contributed by atoms with van der Waals surface area (Å²) in [5.41, 5.74) is 3.98. The van der Waals surface area contributed by atoms with Gasteiger partial charge in [-0.25, -0.2) is 9.37 Å². The molecular formula is C21H17FN4O. The third kappa shape index (κ3) is 4.89. The number of nitrogens with one attached hydrogen (secondary N) is 2. The van der Waals surface area contributed by atoms with Crippen LogP contribution in [0.4, 0.5) is 15.8 Å². The molecule has 1 aromatic heterocycles.